The monoisotopic (exact) mass is 386 g/mol. The molecule has 0 saturated carbocycles. The minimum absolute atomic E-state index is 0.0804. The van der Waals surface area contributed by atoms with Gasteiger partial charge in [0.1, 0.15) is 17.5 Å². The van der Waals surface area contributed by atoms with E-state index in [4.69, 9.17) is 0 Å². The molecule has 2 amide bonds. The van der Waals surface area contributed by atoms with Crippen LogP contribution >= 0.6 is 11.3 Å². The molecular weight excluding hydrogens is 367 g/mol. The quantitative estimate of drug-likeness (QED) is 0.446. The minimum atomic E-state index is -0.548. The van der Waals surface area contributed by atoms with E-state index in [1.165, 1.54) is 31.2 Å². The fourth-order valence-electron chi connectivity index (χ4n) is 2.26. The number of carbonyl (C=O) groups excluding carboxylic acids is 2. The van der Waals surface area contributed by atoms with E-state index >= 15 is 0 Å². The van der Waals surface area contributed by atoms with Crippen molar-refractivity contribution in [3.8, 4) is 6.07 Å². The van der Waals surface area contributed by atoms with Crippen LogP contribution < -0.4 is 10.2 Å². The Hall–Kier alpha value is -3.05. The Morgan fingerprint density at radius 3 is 2.78 bits per heavy atom. The van der Waals surface area contributed by atoms with Crippen LogP contribution in [0.15, 0.2) is 35.2 Å². The number of carbonyl (C=O) groups is 2. The molecule has 0 saturated heterocycles. The van der Waals surface area contributed by atoms with Gasteiger partial charge < -0.3 is 5.32 Å². The molecule has 0 radical (unpaired) electrons. The molecule has 27 heavy (non-hydrogen) atoms. The minimum Gasteiger partial charge on any atom is -0.351 e. The summed E-state index contributed by atoms with van der Waals surface area (Å²) in [5.74, 6) is -1.42. The SMILES string of the molecule is CCCCNC(=O)/C(C#N)=C/c1csc(N(C(C)=O)c2ccccc2F)n1. The zero-order valence-electron chi connectivity index (χ0n) is 15.0. The zero-order chi connectivity index (χ0) is 19.8. The highest BCUT2D eigenvalue weighted by Crippen LogP contribution is 2.31. The first kappa shape index (κ1) is 20.3. The highest BCUT2D eigenvalue weighted by Gasteiger charge is 2.21. The van der Waals surface area contributed by atoms with Gasteiger partial charge in [0.25, 0.3) is 5.91 Å². The number of para-hydroxylation sites is 1. The fourth-order valence-corrected chi connectivity index (χ4v) is 3.09. The molecule has 2 aromatic rings. The predicted octanol–water partition coefficient (Wildman–Crippen LogP) is 3.79. The van der Waals surface area contributed by atoms with Crippen LogP contribution in [0.5, 0.6) is 0 Å². The third-order valence-electron chi connectivity index (χ3n) is 3.58. The van der Waals surface area contributed by atoms with Gasteiger partial charge in [0, 0.05) is 18.8 Å². The Kier molecular flexibility index (Phi) is 7.20. The summed E-state index contributed by atoms with van der Waals surface area (Å²) in [6.07, 6.45) is 3.10. The average molecular weight is 386 g/mol. The first-order chi connectivity index (χ1) is 13.0. The van der Waals surface area contributed by atoms with Gasteiger partial charge in [0.2, 0.25) is 5.91 Å². The van der Waals surface area contributed by atoms with Gasteiger partial charge in [0.05, 0.1) is 11.4 Å². The summed E-state index contributed by atoms with van der Waals surface area (Å²) in [5.41, 5.74) is 0.357. The van der Waals surface area contributed by atoms with Crippen LogP contribution in [0, 0.1) is 17.1 Å². The van der Waals surface area contributed by atoms with E-state index in [0.717, 1.165) is 29.1 Å². The third kappa shape index (κ3) is 5.21. The highest BCUT2D eigenvalue weighted by molar-refractivity contribution is 7.14. The van der Waals surface area contributed by atoms with E-state index in [2.05, 4.69) is 10.3 Å². The lowest BCUT2D eigenvalue weighted by Crippen LogP contribution is -2.25. The Balaban J connectivity index is 2.28. The number of amides is 2. The van der Waals surface area contributed by atoms with E-state index in [9.17, 15) is 19.2 Å². The molecule has 0 aliphatic carbocycles. The van der Waals surface area contributed by atoms with Crippen molar-refractivity contribution in [3.05, 3.63) is 46.7 Å². The summed E-state index contributed by atoms with van der Waals surface area (Å²) in [6, 6.07) is 7.75. The molecule has 6 nitrogen and oxygen atoms in total. The maximum atomic E-state index is 14.1. The molecule has 1 aromatic heterocycles. The molecule has 0 fully saturated rings. The summed E-state index contributed by atoms with van der Waals surface area (Å²) in [6.45, 7) is 3.80. The topological polar surface area (TPSA) is 86.1 Å². The van der Waals surface area contributed by atoms with Gasteiger partial charge in [-0.15, -0.1) is 11.3 Å². The molecule has 0 bridgehead atoms. The molecule has 0 aliphatic rings. The number of thiazole rings is 1. The van der Waals surface area contributed by atoms with Crippen LogP contribution in [0.1, 0.15) is 32.4 Å². The lowest BCUT2D eigenvalue weighted by atomic mass is 10.2. The Bertz CT molecular complexity index is 901. The lowest BCUT2D eigenvalue weighted by molar-refractivity contribution is -0.117. The van der Waals surface area contributed by atoms with E-state index in [1.54, 1.807) is 11.4 Å². The Morgan fingerprint density at radius 2 is 2.15 bits per heavy atom. The molecule has 0 unspecified atom stereocenters. The smallest absolute Gasteiger partial charge is 0.262 e. The zero-order valence-corrected chi connectivity index (χ0v) is 15.8. The highest BCUT2D eigenvalue weighted by atomic mass is 32.1. The van der Waals surface area contributed by atoms with Gasteiger partial charge in [-0.05, 0) is 24.6 Å². The number of benzene rings is 1. The molecule has 140 valence electrons. The van der Waals surface area contributed by atoms with Crippen LogP contribution in [-0.4, -0.2) is 23.3 Å². The van der Waals surface area contributed by atoms with Crippen molar-refractivity contribution in [3.63, 3.8) is 0 Å². The van der Waals surface area contributed by atoms with Gasteiger partial charge in [0.15, 0.2) is 5.13 Å². The third-order valence-corrected chi connectivity index (χ3v) is 4.43. The Labute approximate surface area is 160 Å². The summed E-state index contributed by atoms with van der Waals surface area (Å²) < 4.78 is 14.1. The van der Waals surface area contributed by atoms with Crippen molar-refractivity contribution in [2.45, 2.75) is 26.7 Å². The number of nitrogens with zero attached hydrogens (tertiary/aromatic N) is 3. The first-order valence-corrected chi connectivity index (χ1v) is 9.26. The van der Waals surface area contributed by atoms with Gasteiger partial charge >= 0.3 is 0 Å². The summed E-state index contributed by atoms with van der Waals surface area (Å²) in [7, 11) is 0. The number of nitrogens with one attached hydrogen (secondary N) is 1. The second-order valence-electron chi connectivity index (χ2n) is 5.64. The lowest BCUT2D eigenvalue weighted by Gasteiger charge is -2.18. The van der Waals surface area contributed by atoms with E-state index < -0.39 is 17.6 Å². The molecule has 1 N–H and O–H groups in total. The molecular formula is C19H19FN4O2S. The number of anilines is 2. The second-order valence-corrected chi connectivity index (χ2v) is 6.48. The first-order valence-electron chi connectivity index (χ1n) is 8.38. The van der Waals surface area contributed by atoms with Crippen molar-refractivity contribution in [2.75, 3.05) is 11.4 Å². The number of hydrogen-bond acceptors (Lipinski definition) is 5. The van der Waals surface area contributed by atoms with Crippen LogP contribution in [0.4, 0.5) is 15.2 Å². The van der Waals surface area contributed by atoms with Crippen molar-refractivity contribution in [1.29, 1.82) is 5.26 Å². The maximum absolute atomic E-state index is 14.1. The van der Waals surface area contributed by atoms with Gasteiger partial charge in [-0.1, -0.05) is 25.5 Å². The number of rotatable bonds is 7. The largest absolute Gasteiger partial charge is 0.351 e. The van der Waals surface area contributed by atoms with Gasteiger partial charge in [-0.3, -0.25) is 14.5 Å². The van der Waals surface area contributed by atoms with Crippen LogP contribution in [0.25, 0.3) is 6.08 Å². The molecule has 1 heterocycles. The maximum Gasteiger partial charge on any atom is 0.262 e. The number of hydrogen-bond donors (Lipinski definition) is 1. The predicted molar refractivity (Wildman–Crippen MR) is 103 cm³/mol. The number of unbranched alkanes of at least 4 members (excludes halogenated alkanes) is 1. The van der Waals surface area contributed by atoms with Crippen LogP contribution in [0.3, 0.4) is 0 Å². The molecule has 8 heteroatoms. The molecule has 1 aromatic carbocycles. The van der Waals surface area contributed by atoms with Crippen LogP contribution in [0.2, 0.25) is 0 Å². The van der Waals surface area contributed by atoms with Crippen molar-refractivity contribution < 1.29 is 14.0 Å². The van der Waals surface area contributed by atoms with Crippen molar-refractivity contribution in [1.82, 2.24) is 10.3 Å². The average Bonchev–Trinajstić information content (AvgIpc) is 3.09. The number of halogens is 1. The number of aromatic nitrogens is 1. The molecule has 0 atom stereocenters. The molecule has 0 spiro atoms. The van der Waals surface area contributed by atoms with Crippen molar-refractivity contribution >= 4 is 40.0 Å². The summed E-state index contributed by atoms with van der Waals surface area (Å²) in [4.78, 5) is 29.5. The summed E-state index contributed by atoms with van der Waals surface area (Å²) in [5, 5.41) is 13.7. The normalized spacial score (nSPS) is 11.0. The fraction of sp³-hybridized carbons (Fsp3) is 0.263. The van der Waals surface area contributed by atoms with E-state index in [0.29, 0.717) is 12.2 Å². The number of nitriles is 1. The van der Waals surface area contributed by atoms with E-state index in [-0.39, 0.29) is 16.4 Å². The van der Waals surface area contributed by atoms with Gasteiger partial charge in [-0.25, -0.2) is 9.37 Å². The van der Waals surface area contributed by atoms with E-state index in [1.807, 2.05) is 13.0 Å². The molecule has 0 aliphatic heterocycles. The van der Waals surface area contributed by atoms with Gasteiger partial charge in [-0.2, -0.15) is 5.26 Å². The standard InChI is InChI=1S/C19H19FN4O2S/c1-3-4-9-22-18(26)14(11-21)10-15-12-27-19(23-15)24(13(2)25)17-8-6-5-7-16(17)20/h5-8,10,12H,3-4,9H2,1-2H3,(H,22,26)/b14-10+. The second kappa shape index (κ2) is 9.59. The Morgan fingerprint density at radius 1 is 1.41 bits per heavy atom. The summed E-state index contributed by atoms with van der Waals surface area (Å²) >= 11 is 1.12. The van der Waals surface area contributed by atoms with Crippen molar-refractivity contribution in [2.24, 2.45) is 0 Å². The van der Waals surface area contributed by atoms with Crippen LogP contribution in [-0.2, 0) is 9.59 Å². The molecule has 2 rings (SSSR count).